The number of methoxy groups -OCH3 is 1. The highest BCUT2D eigenvalue weighted by Crippen LogP contribution is 2.24. The van der Waals surface area contributed by atoms with Gasteiger partial charge in [-0.3, -0.25) is 0 Å². The van der Waals surface area contributed by atoms with Gasteiger partial charge < -0.3 is 15.4 Å². The number of ether oxygens (including phenoxy) is 1. The first kappa shape index (κ1) is 14.2. The van der Waals surface area contributed by atoms with Gasteiger partial charge in [0.1, 0.15) is 4.99 Å². The molecule has 0 bridgehead atoms. The Bertz CT molecular complexity index is 398. The van der Waals surface area contributed by atoms with Crippen LogP contribution in [-0.4, -0.2) is 31.8 Å². The van der Waals surface area contributed by atoms with Gasteiger partial charge in [0, 0.05) is 36.5 Å². The van der Waals surface area contributed by atoms with Gasteiger partial charge in [-0.15, -0.1) is 0 Å². The highest BCUT2D eigenvalue weighted by Gasteiger charge is 2.12. The Labute approximate surface area is 112 Å². The molecule has 0 aromatic heterocycles. The Morgan fingerprint density at radius 3 is 2.76 bits per heavy atom. The molecule has 0 heterocycles. The number of anilines is 1. The lowest BCUT2D eigenvalue weighted by molar-refractivity contribution is 0.205. The second-order valence-corrected chi connectivity index (χ2v) is 4.47. The first-order valence-corrected chi connectivity index (χ1v) is 6.22. The number of nitrogens with zero attached hydrogens (tertiary/aromatic N) is 1. The maximum atomic E-state index is 6.01. The van der Waals surface area contributed by atoms with E-state index in [1.54, 1.807) is 13.2 Å². The number of hydrogen-bond donors (Lipinski definition) is 1. The van der Waals surface area contributed by atoms with E-state index in [4.69, 9.17) is 34.3 Å². The number of nitrogens with two attached hydrogens (primary N) is 1. The largest absolute Gasteiger partial charge is 0.389 e. The molecule has 0 fully saturated rings. The maximum absolute atomic E-state index is 6.01. The van der Waals surface area contributed by atoms with E-state index in [1.807, 2.05) is 12.1 Å². The van der Waals surface area contributed by atoms with Gasteiger partial charge in [0.05, 0.1) is 6.61 Å². The van der Waals surface area contributed by atoms with Crippen LogP contribution in [0.5, 0.6) is 0 Å². The van der Waals surface area contributed by atoms with Crippen LogP contribution < -0.4 is 10.6 Å². The van der Waals surface area contributed by atoms with Crippen LogP contribution in [0, 0.1) is 0 Å². The van der Waals surface area contributed by atoms with Gasteiger partial charge >= 0.3 is 0 Å². The summed E-state index contributed by atoms with van der Waals surface area (Å²) in [6.07, 6.45) is 0. The van der Waals surface area contributed by atoms with E-state index in [0.717, 1.165) is 24.3 Å². The van der Waals surface area contributed by atoms with Crippen LogP contribution in [-0.2, 0) is 4.74 Å². The smallest absolute Gasteiger partial charge is 0.106 e. The molecule has 2 N–H and O–H groups in total. The number of benzene rings is 1. The van der Waals surface area contributed by atoms with Crippen molar-refractivity contribution in [2.24, 2.45) is 5.73 Å². The lowest BCUT2D eigenvalue weighted by Crippen LogP contribution is -2.29. The van der Waals surface area contributed by atoms with E-state index in [0.29, 0.717) is 16.6 Å². The third-order valence-electron chi connectivity index (χ3n) is 2.51. The van der Waals surface area contributed by atoms with Gasteiger partial charge in [0.25, 0.3) is 0 Å². The molecular weight excluding hydrogens is 256 g/mol. The van der Waals surface area contributed by atoms with E-state index in [-0.39, 0.29) is 0 Å². The predicted octanol–water partition coefficient (Wildman–Crippen LogP) is 2.45. The molecule has 1 aromatic rings. The van der Waals surface area contributed by atoms with E-state index in [2.05, 4.69) is 11.8 Å². The lowest BCUT2D eigenvalue weighted by Gasteiger charge is -2.25. The second kappa shape index (κ2) is 6.79. The molecule has 0 spiro atoms. The average molecular weight is 273 g/mol. The summed E-state index contributed by atoms with van der Waals surface area (Å²) >= 11 is 11.1. The fourth-order valence-corrected chi connectivity index (χ4v) is 1.96. The molecule has 17 heavy (non-hydrogen) atoms. The molecule has 0 aliphatic carbocycles. The summed E-state index contributed by atoms with van der Waals surface area (Å²) in [4.78, 5) is 2.52. The van der Waals surface area contributed by atoms with Gasteiger partial charge in [-0.25, -0.2) is 0 Å². The van der Waals surface area contributed by atoms with Crippen LogP contribution in [0.2, 0.25) is 5.02 Å². The van der Waals surface area contributed by atoms with E-state index in [1.165, 1.54) is 0 Å². The number of rotatable bonds is 6. The third kappa shape index (κ3) is 3.84. The minimum atomic E-state index is 0.382. The Morgan fingerprint density at radius 1 is 1.53 bits per heavy atom. The molecule has 0 aliphatic rings. The van der Waals surface area contributed by atoms with Crippen molar-refractivity contribution in [3.05, 3.63) is 28.8 Å². The zero-order chi connectivity index (χ0) is 12.8. The molecule has 0 unspecified atom stereocenters. The standard InChI is InChI=1S/C12H17ClN2OS/c1-3-15(6-7-16-2)11-8-9(13)4-5-10(11)12(14)17/h4-5,8H,3,6-7H2,1-2H3,(H2,14,17). The van der Waals surface area contributed by atoms with E-state index >= 15 is 0 Å². The first-order valence-electron chi connectivity index (χ1n) is 5.43. The summed E-state index contributed by atoms with van der Waals surface area (Å²) in [6, 6.07) is 5.54. The monoisotopic (exact) mass is 272 g/mol. The van der Waals surface area contributed by atoms with E-state index < -0.39 is 0 Å². The average Bonchev–Trinajstić information content (AvgIpc) is 2.29. The molecule has 1 rings (SSSR count). The van der Waals surface area contributed by atoms with Crippen molar-refractivity contribution in [2.45, 2.75) is 6.92 Å². The summed E-state index contributed by atoms with van der Waals surface area (Å²) in [6.45, 7) is 4.35. The van der Waals surface area contributed by atoms with Crippen LogP contribution in [0.3, 0.4) is 0 Å². The number of hydrogen-bond acceptors (Lipinski definition) is 3. The summed E-state index contributed by atoms with van der Waals surface area (Å²) in [7, 11) is 1.68. The van der Waals surface area contributed by atoms with Gasteiger partial charge in [0.2, 0.25) is 0 Å². The molecule has 0 aliphatic heterocycles. The molecule has 1 aromatic carbocycles. The van der Waals surface area contributed by atoms with Crippen LogP contribution in [0.1, 0.15) is 12.5 Å². The molecule has 0 saturated heterocycles. The first-order chi connectivity index (χ1) is 8.10. The van der Waals surface area contributed by atoms with Gasteiger partial charge in [-0.2, -0.15) is 0 Å². The summed E-state index contributed by atoms with van der Waals surface area (Å²) in [5.41, 5.74) is 7.53. The number of halogens is 1. The Hall–Kier alpha value is -0.840. The molecule has 0 atom stereocenters. The molecule has 0 amide bonds. The van der Waals surface area contributed by atoms with E-state index in [9.17, 15) is 0 Å². The SMILES string of the molecule is CCN(CCOC)c1cc(Cl)ccc1C(N)=S. The number of thiocarbonyl (C=S) groups is 1. The van der Waals surface area contributed by atoms with Gasteiger partial charge in [-0.05, 0) is 25.1 Å². The van der Waals surface area contributed by atoms with Crippen LogP contribution >= 0.6 is 23.8 Å². The highest BCUT2D eigenvalue weighted by atomic mass is 35.5. The van der Waals surface area contributed by atoms with Crippen LogP contribution in [0.15, 0.2) is 18.2 Å². The zero-order valence-electron chi connectivity index (χ0n) is 10.1. The van der Waals surface area contributed by atoms with Crippen molar-refractivity contribution in [2.75, 3.05) is 31.7 Å². The predicted molar refractivity (Wildman–Crippen MR) is 77.1 cm³/mol. The summed E-state index contributed by atoms with van der Waals surface area (Å²) < 4.78 is 5.09. The highest BCUT2D eigenvalue weighted by molar-refractivity contribution is 7.80. The zero-order valence-corrected chi connectivity index (χ0v) is 11.6. The third-order valence-corrected chi connectivity index (χ3v) is 2.97. The normalized spacial score (nSPS) is 10.3. The van der Waals surface area contributed by atoms with Crippen LogP contribution in [0.25, 0.3) is 0 Å². The summed E-state index contributed by atoms with van der Waals surface area (Å²) in [5, 5.41) is 0.677. The molecule has 0 saturated carbocycles. The fourth-order valence-electron chi connectivity index (χ4n) is 1.63. The van der Waals surface area contributed by atoms with Crippen molar-refractivity contribution >= 4 is 34.5 Å². The summed E-state index contributed by atoms with van der Waals surface area (Å²) in [5.74, 6) is 0. The van der Waals surface area contributed by atoms with Gasteiger partial charge in [-0.1, -0.05) is 23.8 Å². The fraction of sp³-hybridized carbons (Fsp3) is 0.417. The molecular formula is C12H17ClN2OS. The van der Waals surface area contributed by atoms with Crippen molar-refractivity contribution in [3.8, 4) is 0 Å². The molecule has 94 valence electrons. The van der Waals surface area contributed by atoms with Crippen molar-refractivity contribution in [1.82, 2.24) is 0 Å². The minimum Gasteiger partial charge on any atom is -0.389 e. The second-order valence-electron chi connectivity index (χ2n) is 3.60. The van der Waals surface area contributed by atoms with Crippen molar-refractivity contribution in [3.63, 3.8) is 0 Å². The maximum Gasteiger partial charge on any atom is 0.106 e. The number of likely N-dealkylation sites (N-methyl/N-ethyl adjacent to an activating group) is 1. The van der Waals surface area contributed by atoms with Crippen LogP contribution in [0.4, 0.5) is 5.69 Å². The topological polar surface area (TPSA) is 38.5 Å². The van der Waals surface area contributed by atoms with Crippen molar-refractivity contribution < 1.29 is 4.74 Å². The lowest BCUT2D eigenvalue weighted by atomic mass is 10.1. The quantitative estimate of drug-likeness (QED) is 0.808. The minimum absolute atomic E-state index is 0.382. The Morgan fingerprint density at radius 2 is 2.24 bits per heavy atom. The van der Waals surface area contributed by atoms with Gasteiger partial charge in [0.15, 0.2) is 0 Å². The molecule has 3 nitrogen and oxygen atoms in total. The molecule has 5 heteroatoms. The Kier molecular flexibility index (Phi) is 5.68. The van der Waals surface area contributed by atoms with Crippen molar-refractivity contribution in [1.29, 1.82) is 0 Å². The molecule has 0 radical (unpaired) electrons. The Balaban J connectivity index is 3.06.